The summed E-state index contributed by atoms with van der Waals surface area (Å²) < 4.78 is 1.06. The van der Waals surface area contributed by atoms with Gasteiger partial charge in [-0.2, -0.15) is 0 Å². The van der Waals surface area contributed by atoms with Crippen LogP contribution in [0.1, 0.15) is 27.0 Å². The summed E-state index contributed by atoms with van der Waals surface area (Å²) in [6, 6.07) is 17.2. The van der Waals surface area contributed by atoms with Crippen LogP contribution in [0.2, 0.25) is 5.02 Å². The average Bonchev–Trinajstić information content (AvgIpc) is 2.65. The number of rotatable bonds is 6. The number of halogens is 2. The third-order valence-corrected chi connectivity index (χ3v) is 4.81. The first kappa shape index (κ1) is 18.8. The molecule has 0 aliphatic rings. The highest BCUT2D eigenvalue weighted by molar-refractivity contribution is 14.1. The van der Waals surface area contributed by atoms with Crippen LogP contribution in [0, 0.1) is 3.57 Å². The Morgan fingerprint density at radius 2 is 1.92 bits per heavy atom. The maximum absolute atomic E-state index is 12.5. The van der Waals surface area contributed by atoms with Crippen LogP contribution >= 0.6 is 34.2 Å². The van der Waals surface area contributed by atoms with Gasteiger partial charge < -0.3 is 0 Å². The van der Waals surface area contributed by atoms with E-state index in [1.54, 1.807) is 18.5 Å². The predicted octanol–water partition coefficient (Wildman–Crippen LogP) is 4.79. The monoisotopic (exact) mass is 478 g/mol. The minimum absolute atomic E-state index is 0.302. The zero-order valence-electron chi connectivity index (χ0n) is 13.8. The number of pyridine rings is 1. The molecule has 0 saturated heterocycles. The van der Waals surface area contributed by atoms with Gasteiger partial charge in [-0.25, -0.2) is 5.48 Å². The van der Waals surface area contributed by atoms with E-state index in [-0.39, 0.29) is 5.91 Å². The molecule has 1 heterocycles. The highest BCUT2D eigenvalue weighted by Gasteiger charge is 2.13. The van der Waals surface area contributed by atoms with Crippen molar-refractivity contribution in [2.45, 2.75) is 13.0 Å². The van der Waals surface area contributed by atoms with Gasteiger partial charge in [-0.1, -0.05) is 48.0 Å². The molecule has 0 saturated carbocycles. The van der Waals surface area contributed by atoms with Crippen LogP contribution in [0.5, 0.6) is 0 Å². The van der Waals surface area contributed by atoms with E-state index in [9.17, 15) is 4.79 Å². The SMILES string of the molecule is O=C(NOCc1ccccc1)c1ccncc1Cc1ccc(I)cc1Cl. The van der Waals surface area contributed by atoms with E-state index in [4.69, 9.17) is 16.4 Å². The highest BCUT2D eigenvalue weighted by atomic mass is 127. The Morgan fingerprint density at radius 1 is 1.12 bits per heavy atom. The Bertz CT molecular complexity index is 903. The lowest BCUT2D eigenvalue weighted by atomic mass is 10.0. The molecule has 0 radical (unpaired) electrons. The first-order valence-electron chi connectivity index (χ1n) is 7.96. The highest BCUT2D eigenvalue weighted by Crippen LogP contribution is 2.23. The third-order valence-electron chi connectivity index (χ3n) is 3.79. The van der Waals surface area contributed by atoms with Gasteiger partial charge in [-0.05, 0) is 57.5 Å². The number of aromatic nitrogens is 1. The topological polar surface area (TPSA) is 51.2 Å². The Hall–Kier alpha value is -1.96. The van der Waals surface area contributed by atoms with Crippen molar-refractivity contribution in [3.05, 3.63) is 97.8 Å². The third kappa shape index (κ3) is 5.03. The molecule has 0 spiro atoms. The molecule has 4 nitrogen and oxygen atoms in total. The predicted molar refractivity (Wildman–Crippen MR) is 110 cm³/mol. The van der Waals surface area contributed by atoms with Gasteiger partial charge in [0.1, 0.15) is 0 Å². The van der Waals surface area contributed by atoms with Crippen molar-refractivity contribution in [2.24, 2.45) is 0 Å². The molecule has 0 bridgehead atoms. The molecule has 0 unspecified atom stereocenters. The molecule has 1 aromatic heterocycles. The smallest absolute Gasteiger partial charge is 0.269 e. The summed E-state index contributed by atoms with van der Waals surface area (Å²) in [4.78, 5) is 22.0. The molecular formula is C20H16ClIN2O2. The van der Waals surface area contributed by atoms with Crippen molar-refractivity contribution >= 4 is 40.1 Å². The zero-order chi connectivity index (χ0) is 18.4. The summed E-state index contributed by atoms with van der Waals surface area (Å²) in [6.07, 6.45) is 3.79. The van der Waals surface area contributed by atoms with E-state index in [2.05, 4.69) is 33.1 Å². The standard InChI is InChI=1S/C20H16ClIN2O2/c21-19-11-17(22)7-6-15(19)10-16-12-23-9-8-18(16)20(25)24-26-13-14-4-2-1-3-5-14/h1-9,11-12H,10,13H2,(H,24,25). The van der Waals surface area contributed by atoms with E-state index in [1.165, 1.54) is 0 Å². The van der Waals surface area contributed by atoms with Crippen LogP contribution in [0.15, 0.2) is 67.0 Å². The van der Waals surface area contributed by atoms with Crippen molar-refractivity contribution in [3.8, 4) is 0 Å². The van der Waals surface area contributed by atoms with Gasteiger partial charge in [0, 0.05) is 33.0 Å². The fourth-order valence-corrected chi connectivity index (χ4v) is 3.40. The Labute approximate surface area is 170 Å². The van der Waals surface area contributed by atoms with Crippen LogP contribution in [0.3, 0.4) is 0 Å². The van der Waals surface area contributed by atoms with Crippen LogP contribution in [-0.4, -0.2) is 10.9 Å². The second-order valence-electron chi connectivity index (χ2n) is 5.65. The molecule has 0 atom stereocenters. The first-order chi connectivity index (χ1) is 12.6. The molecule has 2 aromatic carbocycles. The molecule has 3 rings (SSSR count). The molecule has 3 aromatic rings. The van der Waals surface area contributed by atoms with E-state index >= 15 is 0 Å². The largest absolute Gasteiger partial charge is 0.275 e. The second kappa shape index (κ2) is 9.12. The quantitative estimate of drug-likeness (QED) is 0.409. The summed E-state index contributed by atoms with van der Waals surface area (Å²) in [5.41, 5.74) is 5.73. The van der Waals surface area contributed by atoms with E-state index in [0.29, 0.717) is 23.6 Å². The van der Waals surface area contributed by atoms with Crippen LogP contribution in [0.4, 0.5) is 0 Å². The fraction of sp³-hybridized carbons (Fsp3) is 0.100. The summed E-state index contributed by atoms with van der Waals surface area (Å²) in [6.45, 7) is 0.302. The maximum Gasteiger partial charge on any atom is 0.275 e. The fourth-order valence-electron chi connectivity index (χ4n) is 2.47. The molecule has 1 amide bonds. The Morgan fingerprint density at radius 3 is 2.69 bits per heavy atom. The molecule has 6 heteroatoms. The molecule has 1 N–H and O–H groups in total. The van der Waals surface area contributed by atoms with Gasteiger partial charge in [-0.3, -0.25) is 14.6 Å². The van der Waals surface area contributed by atoms with E-state index in [1.807, 2.05) is 48.5 Å². The van der Waals surface area contributed by atoms with Gasteiger partial charge in [-0.15, -0.1) is 0 Å². The summed E-state index contributed by atoms with van der Waals surface area (Å²) in [7, 11) is 0. The molecule has 26 heavy (non-hydrogen) atoms. The van der Waals surface area contributed by atoms with Gasteiger partial charge in [0.2, 0.25) is 0 Å². The normalized spacial score (nSPS) is 10.5. The number of hydroxylamine groups is 1. The van der Waals surface area contributed by atoms with E-state index < -0.39 is 0 Å². The van der Waals surface area contributed by atoms with Gasteiger partial charge >= 0.3 is 0 Å². The van der Waals surface area contributed by atoms with Crippen LogP contribution < -0.4 is 5.48 Å². The number of benzene rings is 2. The van der Waals surface area contributed by atoms with E-state index in [0.717, 1.165) is 20.3 Å². The Kier molecular flexibility index (Phi) is 6.60. The molecule has 0 fully saturated rings. The summed E-state index contributed by atoms with van der Waals surface area (Å²) >= 11 is 8.53. The Balaban J connectivity index is 1.69. The summed E-state index contributed by atoms with van der Waals surface area (Å²) in [5, 5.41) is 0.674. The summed E-state index contributed by atoms with van der Waals surface area (Å²) in [5.74, 6) is -0.306. The average molecular weight is 479 g/mol. The number of carbonyl (C=O) groups excluding carboxylic acids is 1. The lowest BCUT2D eigenvalue weighted by Crippen LogP contribution is -2.25. The number of nitrogens with one attached hydrogen (secondary N) is 1. The van der Waals surface area contributed by atoms with Crippen molar-refractivity contribution in [2.75, 3.05) is 0 Å². The van der Waals surface area contributed by atoms with Gasteiger partial charge in [0.25, 0.3) is 5.91 Å². The number of hydrogen-bond donors (Lipinski definition) is 1. The minimum atomic E-state index is -0.306. The van der Waals surface area contributed by atoms with Crippen LogP contribution in [0.25, 0.3) is 0 Å². The molecule has 0 aliphatic heterocycles. The number of amides is 1. The molecule has 0 aliphatic carbocycles. The molecular weight excluding hydrogens is 463 g/mol. The minimum Gasteiger partial charge on any atom is -0.269 e. The number of carbonyl (C=O) groups is 1. The number of hydrogen-bond acceptors (Lipinski definition) is 3. The lowest BCUT2D eigenvalue weighted by Gasteiger charge is -2.11. The zero-order valence-corrected chi connectivity index (χ0v) is 16.7. The van der Waals surface area contributed by atoms with Gasteiger partial charge in [0.05, 0.1) is 6.61 Å². The first-order valence-corrected chi connectivity index (χ1v) is 9.42. The van der Waals surface area contributed by atoms with Crippen molar-refractivity contribution < 1.29 is 9.63 Å². The van der Waals surface area contributed by atoms with Crippen LogP contribution in [-0.2, 0) is 17.9 Å². The maximum atomic E-state index is 12.5. The number of nitrogens with zero attached hydrogens (tertiary/aromatic N) is 1. The molecule has 132 valence electrons. The lowest BCUT2D eigenvalue weighted by molar-refractivity contribution is 0.0233. The van der Waals surface area contributed by atoms with Crippen molar-refractivity contribution in [1.29, 1.82) is 0 Å². The van der Waals surface area contributed by atoms with Crippen molar-refractivity contribution in [3.63, 3.8) is 0 Å². The van der Waals surface area contributed by atoms with Crippen molar-refractivity contribution in [1.82, 2.24) is 10.5 Å². The van der Waals surface area contributed by atoms with Gasteiger partial charge in [0.15, 0.2) is 0 Å². The second-order valence-corrected chi connectivity index (χ2v) is 7.30.